The lowest BCUT2D eigenvalue weighted by molar-refractivity contribution is -0.142. The normalized spacial score (nSPS) is 16.4. The summed E-state index contributed by atoms with van der Waals surface area (Å²) in [7, 11) is 0. The highest BCUT2D eigenvalue weighted by atomic mass is 16.4. The average molecular weight is 1730 g/mol. The Kier molecular flexibility index (Phi) is 45.8. The van der Waals surface area contributed by atoms with E-state index in [1.165, 1.54) is 34.6 Å². The lowest BCUT2D eigenvalue weighted by Crippen LogP contribution is -2.62. The number of carboxylic acid groups (broad SMARTS) is 3. The van der Waals surface area contributed by atoms with Crippen LogP contribution in [-0.4, -0.2) is 259 Å². The van der Waals surface area contributed by atoms with Gasteiger partial charge in [-0.05, 0) is 114 Å². The van der Waals surface area contributed by atoms with Crippen molar-refractivity contribution in [2.45, 2.75) is 282 Å². The molecule has 17 amide bonds. The van der Waals surface area contributed by atoms with Gasteiger partial charge >= 0.3 is 17.9 Å². The van der Waals surface area contributed by atoms with E-state index in [0.717, 1.165) is 11.8 Å². The van der Waals surface area contributed by atoms with E-state index in [1.54, 1.807) is 65.0 Å². The highest BCUT2D eigenvalue weighted by Crippen LogP contribution is 2.21. The number of likely N-dealkylation sites (tertiary alicyclic amines) is 1. The van der Waals surface area contributed by atoms with E-state index in [1.807, 2.05) is 0 Å². The molecule has 1 aromatic rings. The second kappa shape index (κ2) is 52.8. The third kappa shape index (κ3) is 38.5. The van der Waals surface area contributed by atoms with Crippen LogP contribution < -0.4 is 103 Å². The maximum atomic E-state index is 14.8. The van der Waals surface area contributed by atoms with E-state index < -0.39 is 290 Å². The second-order valence-corrected chi connectivity index (χ2v) is 31.4. The van der Waals surface area contributed by atoms with E-state index in [4.69, 9.17) is 34.1 Å². The number of amides is 17. The Labute approximate surface area is 706 Å². The first-order valence-corrected chi connectivity index (χ1v) is 40.3. The number of aliphatic hydroxyl groups is 1. The van der Waals surface area contributed by atoms with Gasteiger partial charge in [0, 0.05) is 45.2 Å². The van der Waals surface area contributed by atoms with Crippen LogP contribution in [0.5, 0.6) is 0 Å². The number of carbonyl (C=O) groups is 20. The molecule has 682 valence electrons. The van der Waals surface area contributed by atoms with Crippen LogP contribution >= 0.6 is 0 Å². The van der Waals surface area contributed by atoms with E-state index >= 15 is 0 Å². The summed E-state index contributed by atoms with van der Waals surface area (Å²) in [6.45, 7) is 16.6. The fourth-order valence-corrected chi connectivity index (χ4v) is 12.5. The molecule has 0 spiro atoms. The van der Waals surface area contributed by atoms with Crippen molar-refractivity contribution in [1.29, 1.82) is 5.41 Å². The summed E-state index contributed by atoms with van der Waals surface area (Å²) in [4.78, 5) is 272. The Balaban J connectivity index is 2.60. The Morgan fingerprint density at radius 2 is 0.836 bits per heavy atom. The number of nitrogens with one attached hydrogen (secondary N) is 15. The van der Waals surface area contributed by atoms with Gasteiger partial charge in [-0.1, -0.05) is 92.1 Å². The number of guanidine groups is 1. The fraction of sp³-hybridized carbons (Fsp3) is 0.649. The van der Waals surface area contributed by atoms with Crippen molar-refractivity contribution in [2.24, 2.45) is 52.3 Å². The smallest absolute Gasteiger partial charge is 0.325 e. The first-order valence-electron chi connectivity index (χ1n) is 40.3. The lowest BCUT2D eigenvalue weighted by Gasteiger charge is -2.30. The third-order valence-corrected chi connectivity index (χ3v) is 19.6. The van der Waals surface area contributed by atoms with Gasteiger partial charge in [0.05, 0.1) is 12.5 Å². The number of carbonyl (C=O) groups excluding carboxylic acids is 17. The number of aliphatic carboxylic acids is 3. The Hall–Kier alpha value is -12.2. The average Bonchev–Trinajstić information content (AvgIpc) is 1.73. The molecule has 17 atom stereocenters. The molecule has 45 nitrogen and oxygen atoms in total. The molecule has 0 aliphatic carbocycles. The molecule has 0 aromatic heterocycles. The predicted molar refractivity (Wildman–Crippen MR) is 435 cm³/mol. The van der Waals surface area contributed by atoms with Crippen molar-refractivity contribution in [2.75, 3.05) is 13.1 Å². The number of aliphatic hydroxyl groups excluding tert-OH is 1. The predicted octanol–water partition coefficient (Wildman–Crippen LogP) is -6.45. The first kappa shape index (κ1) is 106. The first-order chi connectivity index (χ1) is 57.0. The van der Waals surface area contributed by atoms with Gasteiger partial charge in [-0.25, -0.2) is 0 Å². The van der Waals surface area contributed by atoms with Crippen LogP contribution in [0.2, 0.25) is 0 Å². The molecular formula is C77H125N21O24. The molecule has 2 rings (SSSR count). The number of nitrogens with two attached hydrogens (primary N) is 5. The van der Waals surface area contributed by atoms with Gasteiger partial charge in [-0.3, -0.25) is 101 Å². The number of hydrogen-bond donors (Lipinski definition) is 24. The van der Waals surface area contributed by atoms with Crippen molar-refractivity contribution in [3.05, 3.63) is 35.9 Å². The van der Waals surface area contributed by atoms with Gasteiger partial charge < -0.3 is 128 Å². The summed E-state index contributed by atoms with van der Waals surface area (Å²) >= 11 is 0. The molecule has 45 heteroatoms. The van der Waals surface area contributed by atoms with Gasteiger partial charge in [0.2, 0.25) is 100 Å². The van der Waals surface area contributed by atoms with Gasteiger partial charge in [-0.2, -0.15) is 0 Å². The van der Waals surface area contributed by atoms with Gasteiger partial charge in [-0.15, -0.1) is 0 Å². The zero-order valence-electron chi connectivity index (χ0n) is 70.7. The van der Waals surface area contributed by atoms with Crippen LogP contribution in [0.3, 0.4) is 0 Å². The van der Waals surface area contributed by atoms with Crippen LogP contribution in [0.1, 0.15) is 184 Å². The number of nitrogens with zero attached hydrogens (tertiary/aromatic N) is 1. The number of hydrogen-bond acceptors (Lipinski definition) is 23. The third-order valence-electron chi connectivity index (χ3n) is 19.6. The van der Waals surface area contributed by atoms with Gasteiger partial charge in [0.25, 0.3) is 0 Å². The zero-order valence-corrected chi connectivity index (χ0v) is 70.7. The highest BCUT2D eigenvalue weighted by Gasteiger charge is 2.42. The van der Waals surface area contributed by atoms with Crippen molar-refractivity contribution in [3.63, 3.8) is 0 Å². The minimum Gasteiger partial charge on any atom is -0.481 e. The van der Waals surface area contributed by atoms with Crippen LogP contribution in [0.15, 0.2) is 30.3 Å². The van der Waals surface area contributed by atoms with E-state index in [2.05, 4.69) is 74.4 Å². The topological polar surface area (TPSA) is 748 Å². The fourth-order valence-electron chi connectivity index (χ4n) is 12.5. The molecule has 122 heavy (non-hydrogen) atoms. The SMILES string of the molecule is CC[C@H](C)[C@H](NC(=O)[C@H](CCC(=O)O)NC(=O)[C@H](CC(N)=O)NC(=O)[C@H](Cc1ccccc1)NC(=O)[C@@H](NC(=O)[C@H](CC(C)C)NC(=O)[C@H](CCC(N)=O)NC(=O)[C@H](CCCNC(=N)N)NC(=O)[C@H](CCC(=O)O)NC(=O)[C@H](C)NC(=O)[C@@H]1CCCN1C(=O)[C@@H](N)[C@@H](C)O)C(C)C)C(=O)N[C@@H](CC(C)C)C(=O)N[C@@H](CCC(N)=O)C(=O)N[C@@H](C)C(=O)O. The lowest BCUT2D eigenvalue weighted by atomic mass is 9.96. The molecule has 1 aliphatic rings. The summed E-state index contributed by atoms with van der Waals surface area (Å²) in [6, 6.07) is -15.8. The van der Waals surface area contributed by atoms with E-state index in [0.29, 0.717) is 12.0 Å². The molecule has 1 aromatic carbocycles. The molecular weight excluding hydrogens is 1600 g/mol. The highest BCUT2D eigenvalue weighted by molar-refractivity contribution is 6.02. The molecule has 1 heterocycles. The molecule has 0 saturated carbocycles. The molecule has 0 radical (unpaired) electrons. The quantitative estimate of drug-likeness (QED) is 0.0164. The number of carboxylic acids is 3. The maximum Gasteiger partial charge on any atom is 0.325 e. The van der Waals surface area contributed by atoms with Gasteiger partial charge in [0.1, 0.15) is 90.6 Å². The summed E-state index contributed by atoms with van der Waals surface area (Å²) in [5.41, 5.74) is 28.2. The Bertz CT molecular complexity index is 3850. The summed E-state index contributed by atoms with van der Waals surface area (Å²) in [5, 5.41) is 80.8. The van der Waals surface area contributed by atoms with Gasteiger partial charge in [0.15, 0.2) is 5.96 Å². The molecule has 1 saturated heterocycles. The minimum absolute atomic E-state index is 0.0421. The van der Waals surface area contributed by atoms with Crippen LogP contribution in [0.4, 0.5) is 0 Å². The van der Waals surface area contributed by atoms with Crippen LogP contribution in [0, 0.1) is 29.1 Å². The molecule has 0 unspecified atom stereocenters. The van der Waals surface area contributed by atoms with Crippen LogP contribution in [0.25, 0.3) is 0 Å². The molecule has 0 bridgehead atoms. The standard InChI is InChI=1S/C77H125N21O24/c1-12-39(8)61(74(119)94-49(32-36(2)3)68(113)90-45(22-26-54(78)100)63(108)86-41(10)76(121)122)97-67(112)48(25-29-58(105)106)91-70(115)52(35-56(80)102)93-69(114)51(34-43-18-14-13-15-19-43)95-73(118)60(38(6)7)96-71(116)50(33-37(4)5)92-66(111)46(23-27-55(79)101)89-64(109)44(20-16-30-84-77(82)83)88-65(110)47(24-28-57(103)104)87-62(107)40(9)85-72(117)53-21-17-31-98(53)75(120)59(81)42(11)99/h13-15,18-19,36-42,44-53,59-61,99H,12,16-17,20-35,81H2,1-11H3,(H2,78,100)(H2,79,101)(H2,80,102)(H,85,117)(H,86,108)(H,87,107)(H,88,110)(H,89,109)(H,90,113)(H,91,115)(H,92,111)(H,93,114)(H,94,119)(H,95,118)(H,96,116)(H,97,112)(H,103,104)(H,105,106)(H,121,122)(H4,82,83,84)/t39-,40-,41-,42+,44-,45-,46-,47-,48-,49-,50-,51-,52-,53-,59-,60-,61-/m0/s1. The number of benzene rings is 1. The Morgan fingerprint density at radius 3 is 1.27 bits per heavy atom. The largest absolute Gasteiger partial charge is 0.481 e. The summed E-state index contributed by atoms with van der Waals surface area (Å²) in [6.07, 6.45) is -7.24. The molecule has 1 fully saturated rings. The number of rotatable bonds is 56. The summed E-state index contributed by atoms with van der Waals surface area (Å²) < 4.78 is 0. The summed E-state index contributed by atoms with van der Waals surface area (Å²) in [5.74, 6) is -24.8. The van der Waals surface area contributed by atoms with Crippen molar-refractivity contribution < 1.29 is 116 Å². The van der Waals surface area contributed by atoms with Crippen LogP contribution in [-0.2, 0) is 102 Å². The second-order valence-electron chi connectivity index (χ2n) is 31.4. The number of primary amides is 3. The zero-order chi connectivity index (χ0) is 92.7. The van der Waals surface area contributed by atoms with E-state index in [-0.39, 0.29) is 70.4 Å². The molecule has 29 N–H and O–H groups in total. The Morgan fingerprint density at radius 1 is 0.451 bits per heavy atom. The maximum absolute atomic E-state index is 14.8. The van der Waals surface area contributed by atoms with Crippen molar-refractivity contribution >= 4 is 124 Å². The van der Waals surface area contributed by atoms with Crippen molar-refractivity contribution in [1.82, 2.24) is 79.3 Å². The monoisotopic (exact) mass is 1730 g/mol. The van der Waals surface area contributed by atoms with Crippen molar-refractivity contribution in [3.8, 4) is 0 Å². The van der Waals surface area contributed by atoms with E-state index in [9.17, 15) is 116 Å². The minimum atomic E-state index is -2.00. The molecule has 1 aliphatic heterocycles.